The number of aromatic nitrogens is 3. The van der Waals surface area contributed by atoms with Crippen LogP contribution in [0.15, 0.2) is 51.7 Å². The zero-order valence-electron chi connectivity index (χ0n) is 16.4. The van der Waals surface area contributed by atoms with Crippen molar-refractivity contribution in [2.45, 2.75) is 26.7 Å². The molecule has 5 aromatic rings. The maximum absolute atomic E-state index is 13.0. The molecular weight excluding hydrogens is 421 g/mol. The van der Waals surface area contributed by atoms with Crippen molar-refractivity contribution in [3.63, 3.8) is 0 Å². The third-order valence-electron chi connectivity index (χ3n) is 5.23. The topological polar surface area (TPSA) is 60.9 Å². The first-order valence-electron chi connectivity index (χ1n) is 9.68. The first-order chi connectivity index (χ1) is 14.5. The molecule has 0 saturated heterocycles. The van der Waals surface area contributed by atoms with Gasteiger partial charge < -0.3 is 4.42 Å². The molecular formula is C23H17Cl2N3O2. The van der Waals surface area contributed by atoms with Crippen LogP contribution in [0.2, 0.25) is 10.0 Å². The Kier molecular flexibility index (Phi) is 4.53. The maximum atomic E-state index is 13.0. The van der Waals surface area contributed by atoms with Gasteiger partial charge in [-0.2, -0.15) is 5.10 Å². The van der Waals surface area contributed by atoms with Crippen LogP contribution in [0.5, 0.6) is 0 Å². The summed E-state index contributed by atoms with van der Waals surface area (Å²) in [5.74, 6) is 0. The molecule has 0 atom stereocenters. The summed E-state index contributed by atoms with van der Waals surface area (Å²) in [6, 6.07) is 13.2. The van der Waals surface area contributed by atoms with Gasteiger partial charge in [0.05, 0.1) is 32.9 Å². The lowest BCUT2D eigenvalue weighted by molar-refractivity contribution is 0.569. The van der Waals surface area contributed by atoms with E-state index < -0.39 is 5.63 Å². The molecule has 2 aromatic carbocycles. The van der Waals surface area contributed by atoms with Crippen LogP contribution in [0.3, 0.4) is 0 Å². The smallest absolute Gasteiger partial charge is 0.346 e. The van der Waals surface area contributed by atoms with E-state index in [1.165, 1.54) is 0 Å². The third-order valence-corrected chi connectivity index (χ3v) is 5.73. The lowest BCUT2D eigenvalue weighted by atomic mass is 10.0. The summed E-state index contributed by atoms with van der Waals surface area (Å²) in [5, 5.41) is 8.19. The van der Waals surface area contributed by atoms with Crippen LogP contribution < -0.4 is 5.63 Å². The second-order valence-electron chi connectivity index (χ2n) is 7.24. The van der Waals surface area contributed by atoms with Gasteiger partial charge in [-0.1, -0.05) is 54.7 Å². The fourth-order valence-corrected chi connectivity index (χ4v) is 4.55. The van der Waals surface area contributed by atoms with Gasteiger partial charge in [0, 0.05) is 15.8 Å². The number of aryl methyl sites for hydroxylation is 2. The maximum Gasteiger partial charge on any atom is 0.346 e. The number of pyridine rings is 1. The summed E-state index contributed by atoms with van der Waals surface area (Å²) < 4.78 is 7.43. The van der Waals surface area contributed by atoms with Gasteiger partial charge in [-0.05, 0) is 37.6 Å². The van der Waals surface area contributed by atoms with Gasteiger partial charge in [-0.3, -0.25) is 0 Å². The van der Waals surface area contributed by atoms with Crippen molar-refractivity contribution >= 4 is 56.0 Å². The van der Waals surface area contributed by atoms with Crippen molar-refractivity contribution in [3.05, 3.63) is 74.3 Å². The Balaban J connectivity index is 2.07. The van der Waals surface area contributed by atoms with E-state index >= 15 is 0 Å². The van der Waals surface area contributed by atoms with Crippen LogP contribution >= 0.6 is 23.2 Å². The van der Waals surface area contributed by atoms with Crippen molar-refractivity contribution in [1.82, 2.24) is 14.8 Å². The predicted octanol–water partition coefficient (Wildman–Crippen LogP) is 6.25. The minimum absolute atomic E-state index is 0.298. The standard InChI is InChI=1S/C23H17Cl2N3O2/c1-3-7-17-20-19(15-10-13(24)11-16(25)21(15)30-23(20)29)18-12(2)27-28(22(18)26-17)14-8-5-4-6-9-14/h4-6,8-11H,3,7H2,1-2H3. The lowest BCUT2D eigenvalue weighted by Gasteiger charge is -2.11. The molecule has 0 bridgehead atoms. The highest BCUT2D eigenvalue weighted by molar-refractivity contribution is 6.39. The quantitative estimate of drug-likeness (QED) is 0.247. The van der Waals surface area contributed by atoms with E-state index in [1.54, 1.807) is 12.1 Å². The van der Waals surface area contributed by atoms with Crippen LogP contribution in [0, 0.1) is 6.92 Å². The van der Waals surface area contributed by atoms with E-state index in [0.717, 1.165) is 28.6 Å². The van der Waals surface area contributed by atoms with E-state index in [9.17, 15) is 4.79 Å². The van der Waals surface area contributed by atoms with E-state index in [1.807, 2.05) is 48.9 Å². The van der Waals surface area contributed by atoms with Gasteiger partial charge in [0.1, 0.15) is 0 Å². The number of benzene rings is 2. The van der Waals surface area contributed by atoms with Gasteiger partial charge in [0.15, 0.2) is 11.2 Å². The lowest BCUT2D eigenvalue weighted by Crippen LogP contribution is -2.08. The molecule has 0 aliphatic rings. The van der Waals surface area contributed by atoms with E-state index in [0.29, 0.717) is 44.2 Å². The highest BCUT2D eigenvalue weighted by Gasteiger charge is 2.22. The highest BCUT2D eigenvalue weighted by Crippen LogP contribution is 2.37. The first kappa shape index (κ1) is 19.1. The number of nitrogens with zero attached hydrogens (tertiary/aromatic N) is 3. The number of halogens is 2. The summed E-state index contributed by atoms with van der Waals surface area (Å²) in [5.41, 5.74) is 2.90. The normalized spacial score (nSPS) is 11.7. The molecule has 5 rings (SSSR count). The van der Waals surface area contributed by atoms with Crippen LogP contribution in [0.25, 0.3) is 38.5 Å². The molecule has 150 valence electrons. The zero-order valence-corrected chi connectivity index (χ0v) is 17.9. The molecule has 30 heavy (non-hydrogen) atoms. The Labute approximate surface area is 181 Å². The SMILES string of the molecule is CCCc1nc2c(c(C)nn2-c2ccccc2)c2c1c(=O)oc1c(Cl)cc(Cl)cc12. The Morgan fingerprint density at radius 1 is 1.07 bits per heavy atom. The number of rotatable bonds is 3. The molecule has 7 heteroatoms. The van der Waals surface area contributed by atoms with Gasteiger partial charge in [0.25, 0.3) is 0 Å². The van der Waals surface area contributed by atoms with E-state index in [-0.39, 0.29) is 0 Å². The van der Waals surface area contributed by atoms with Crippen LogP contribution in [0.4, 0.5) is 0 Å². The predicted molar refractivity (Wildman–Crippen MR) is 121 cm³/mol. The van der Waals surface area contributed by atoms with Crippen LogP contribution in [-0.2, 0) is 6.42 Å². The average molecular weight is 438 g/mol. The molecule has 0 fully saturated rings. The molecule has 0 spiro atoms. The fourth-order valence-electron chi connectivity index (χ4n) is 4.01. The Bertz CT molecular complexity index is 1500. The summed E-state index contributed by atoms with van der Waals surface area (Å²) >= 11 is 12.7. The number of fused-ring (bicyclic) bond motifs is 5. The second kappa shape index (κ2) is 7.11. The van der Waals surface area contributed by atoms with Crippen molar-refractivity contribution in [2.24, 2.45) is 0 Å². The van der Waals surface area contributed by atoms with Gasteiger partial charge in [0.2, 0.25) is 0 Å². The van der Waals surface area contributed by atoms with Crippen molar-refractivity contribution in [1.29, 1.82) is 0 Å². The van der Waals surface area contributed by atoms with E-state index in [4.69, 9.17) is 37.7 Å². The monoisotopic (exact) mass is 437 g/mol. The number of para-hydroxylation sites is 1. The molecule has 3 aromatic heterocycles. The summed E-state index contributed by atoms with van der Waals surface area (Å²) in [7, 11) is 0. The molecule has 0 aliphatic heterocycles. The first-order valence-corrected chi connectivity index (χ1v) is 10.4. The Morgan fingerprint density at radius 3 is 2.57 bits per heavy atom. The minimum Gasteiger partial charge on any atom is -0.421 e. The minimum atomic E-state index is -0.452. The highest BCUT2D eigenvalue weighted by atomic mass is 35.5. The summed E-state index contributed by atoms with van der Waals surface area (Å²) in [4.78, 5) is 17.9. The molecule has 3 heterocycles. The molecule has 0 amide bonds. The van der Waals surface area contributed by atoms with Gasteiger partial charge in [-0.15, -0.1) is 0 Å². The van der Waals surface area contributed by atoms with Gasteiger partial charge in [-0.25, -0.2) is 14.5 Å². The zero-order chi connectivity index (χ0) is 21.0. The largest absolute Gasteiger partial charge is 0.421 e. The molecule has 0 aliphatic carbocycles. The van der Waals surface area contributed by atoms with Crippen LogP contribution in [-0.4, -0.2) is 14.8 Å². The van der Waals surface area contributed by atoms with Crippen molar-refractivity contribution < 1.29 is 4.42 Å². The fraction of sp³-hybridized carbons (Fsp3) is 0.174. The second-order valence-corrected chi connectivity index (χ2v) is 8.09. The van der Waals surface area contributed by atoms with Gasteiger partial charge >= 0.3 is 5.63 Å². The summed E-state index contributed by atoms with van der Waals surface area (Å²) in [6.45, 7) is 3.96. The number of hydrogen-bond donors (Lipinski definition) is 0. The third kappa shape index (κ3) is 2.81. The Hall–Kier alpha value is -2.89. The molecule has 0 N–H and O–H groups in total. The van der Waals surface area contributed by atoms with Crippen molar-refractivity contribution in [3.8, 4) is 5.69 Å². The number of hydrogen-bond acceptors (Lipinski definition) is 4. The Morgan fingerprint density at radius 2 is 1.83 bits per heavy atom. The molecule has 0 saturated carbocycles. The summed E-state index contributed by atoms with van der Waals surface area (Å²) in [6.07, 6.45) is 1.47. The van der Waals surface area contributed by atoms with Crippen LogP contribution in [0.1, 0.15) is 24.7 Å². The van der Waals surface area contributed by atoms with Crippen molar-refractivity contribution in [2.75, 3.05) is 0 Å². The molecule has 5 nitrogen and oxygen atoms in total. The average Bonchev–Trinajstić information content (AvgIpc) is 3.06. The van der Waals surface area contributed by atoms with E-state index in [2.05, 4.69) is 0 Å². The molecule has 0 radical (unpaired) electrons. The molecule has 0 unspecified atom stereocenters.